The van der Waals surface area contributed by atoms with Crippen LogP contribution in [0, 0.1) is 0 Å². The van der Waals surface area contributed by atoms with Crippen molar-refractivity contribution in [3.63, 3.8) is 0 Å². The minimum atomic E-state index is -0.0479. The summed E-state index contributed by atoms with van der Waals surface area (Å²) in [5, 5.41) is 1.32. The summed E-state index contributed by atoms with van der Waals surface area (Å²) in [5.41, 5.74) is 7.33. The molecule has 0 aliphatic carbocycles. The van der Waals surface area contributed by atoms with Gasteiger partial charge < -0.3 is 4.74 Å². The van der Waals surface area contributed by atoms with Gasteiger partial charge in [-0.2, -0.15) is 0 Å². The molecule has 1 aliphatic heterocycles. The fraction of sp³-hybridized carbons (Fsp3) is 0.250. The first-order chi connectivity index (χ1) is 10.2. The summed E-state index contributed by atoms with van der Waals surface area (Å²) in [6, 6.07) is 11.8. The number of nitrogens with one attached hydrogen (secondary N) is 1. The molecule has 1 atom stereocenters. The summed E-state index contributed by atoms with van der Waals surface area (Å²) in [7, 11) is 0. The van der Waals surface area contributed by atoms with Crippen LogP contribution < -0.4 is 11.3 Å². The molecular formula is C16H16Cl2N2O. The van der Waals surface area contributed by atoms with Crippen LogP contribution in [-0.2, 0) is 24.4 Å². The molecule has 2 aromatic carbocycles. The van der Waals surface area contributed by atoms with Crippen molar-refractivity contribution in [2.45, 2.75) is 25.7 Å². The van der Waals surface area contributed by atoms with E-state index in [9.17, 15) is 0 Å². The van der Waals surface area contributed by atoms with Crippen LogP contribution in [0.15, 0.2) is 36.4 Å². The number of hydrogen-bond donors (Lipinski definition) is 2. The van der Waals surface area contributed by atoms with E-state index in [0.29, 0.717) is 29.7 Å². The van der Waals surface area contributed by atoms with E-state index in [1.54, 1.807) is 0 Å². The van der Waals surface area contributed by atoms with E-state index < -0.39 is 0 Å². The molecule has 5 heteroatoms. The molecule has 0 bridgehead atoms. The molecule has 3 rings (SSSR count). The molecule has 0 fully saturated rings. The zero-order valence-electron chi connectivity index (χ0n) is 11.4. The zero-order chi connectivity index (χ0) is 14.8. The first-order valence-corrected chi connectivity index (χ1v) is 7.53. The van der Waals surface area contributed by atoms with Gasteiger partial charge in [0.25, 0.3) is 0 Å². The Morgan fingerprint density at radius 1 is 1.10 bits per heavy atom. The van der Waals surface area contributed by atoms with Gasteiger partial charge in [-0.05, 0) is 40.8 Å². The molecule has 2 aromatic rings. The molecule has 110 valence electrons. The van der Waals surface area contributed by atoms with Crippen molar-refractivity contribution in [2.75, 3.05) is 0 Å². The first-order valence-electron chi connectivity index (χ1n) is 6.77. The lowest BCUT2D eigenvalue weighted by Crippen LogP contribution is -2.29. The number of benzene rings is 2. The number of nitrogens with two attached hydrogens (primary N) is 1. The largest absolute Gasteiger partial charge is 0.372 e. The Kier molecular flexibility index (Phi) is 4.48. The van der Waals surface area contributed by atoms with Crippen LogP contribution in [-0.4, -0.2) is 0 Å². The smallest absolute Gasteiger partial charge is 0.0725 e. The van der Waals surface area contributed by atoms with Gasteiger partial charge in [0.1, 0.15) is 0 Å². The van der Waals surface area contributed by atoms with Crippen molar-refractivity contribution < 1.29 is 4.74 Å². The molecule has 0 aromatic heterocycles. The number of halogens is 2. The third-order valence-corrected chi connectivity index (χ3v) is 4.53. The first kappa shape index (κ1) is 14.8. The number of rotatable bonds is 4. The van der Waals surface area contributed by atoms with Gasteiger partial charge in [-0.3, -0.25) is 11.3 Å². The van der Waals surface area contributed by atoms with E-state index in [2.05, 4.69) is 23.6 Å². The molecule has 1 heterocycles. The van der Waals surface area contributed by atoms with Crippen molar-refractivity contribution in [1.29, 1.82) is 0 Å². The van der Waals surface area contributed by atoms with Gasteiger partial charge in [0, 0.05) is 10.0 Å². The van der Waals surface area contributed by atoms with Gasteiger partial charge in [-0.25, -0.2) is 0 Å². The fourth-order valence-corrected chi connectivity index (χ4v) is 3.16. The lowest BCUT2D eigenvalue weighted by Gasteiger charge is -2.19. The average molecular weight is 323 g/mol. The highest BCUT2D eigenvalue weighted by molar-refractivity contribution is 6.36. The van der Waals surface area contributed by atoms with Crippen molar-refractivity contribution in [3.8, 4) is 0 Å². The topological polar surface area (TPSA) is 47.3 Å². The molecule has 1 unspecified atom stereocenters. The van der Waals surface area contributed by atoms with Crippen molar-refractivity contribution >= 4 is 23.2 Å². The van der Waals surface area contributed by atoms with Gasteiger partial charge >= 0.3 is 0 Å². The Labute approximate surface area is 134 Å². The molecule has 0 radical (unpaired) electrons. The van der Waals surface area contributed by atoms with Crippen LogP contribution in [0.4, 0.5) is 0 Å². The Hall–Kier alpha value is -1.10. The number of fused-ring (bicyclic) bond motifs is 1. The van der Waals surface area contributed by atoms with Crippen LogP contribution in [0.25, 0.3) is 0 Å². The Bertz CT molecular complexity index is 640. The molecular weight excluding hydrogens is 307 g/mol. The molecule has 0 amide bonds. The minimum Gasteiger partial charge on any atom is -0.372 e. The lowest BCUT2D eigenvalue weighted by molar-refractivity contribution is 0.134. The monoisotopic (exact) mass is 322 g/mol. The Balaban J connectivity index is 1.89. The summed E-state index contributed by atoms with van der Waals surface area (Å²) in [6.45, 7) is 1.35. The van der Waals surface area contributed by atoms with Crippen molar-refractivity contribution in [2.24, 2.45) is 5.84 Å². The normalized spacial score (nSPS) is 15.0. The standard InChI is InChI=1S/C16H16Cl2N2O/c17-14-2-1-3-15(18)13(14)7-16(20-19)10-4-5-11-8-21-9-12(11)6-10/h1-6,16,20H,7-9,19H2. The van der Waals surface area contributed by atoms with E-state index in [0.717, 1.165) is 11.1 Å². The van der Waals surface area contributed by atoms with Crippen LogP contribution >= 0.6 is 23.2 Å². The molecule has 0 saturated heterocycles. The van der Waals surface area contributed by atoms with E-state index in [-0.39, 0.29) is 6.04 Å². The van der Waals surface area contributed by atoms with Crippen LogP contribution in [0.3, 0.4) is 0 Å². The Morgan fingerprint density at radius 2 is 1.81 bits per heavy atom. The maximum Gasteiger partial charge on any atom is 0.0725 e. The summed E-state index contributed by atoms with van der Waals surface area (Å²) >= 11 is 12.5. The highest BCUT2D eigenvalue weighted by Crippen LogP contribution is 2.30. The van der Waals surface area contributed by atoms with E-state index in [1.807, 2.05) is 18.2 Å². The SMILES string of the molecule is NNC(Cc1c(Cl)cccc1Cl)c1ccc2c(c1)COC2. The fourth-order valence-electron chi connectivity index (χ4n) is 2.61. The van der Waals surface area contributed by atoms with E-state index in [4.69, 9.17) is 33.8 Å². The van der Waals surface area contributed by atoms with Crippen LogP contribution in [0.1, 0.15) is 28.3 Å². The second-order valence-electron chi connectivity index (χ2n) is 5.14. The summed E-state index contributed by atoms with van der Waals surface area (Å²) < 4.78 is 5.45. The van der Waals surface area contributed by atoms with Gasteiger partial charge in [0.05, 0.1) is 19.3 Å². The maximum atomic E-state index is 6.24. The highest BCUT2D eigenvalue weighted by atomic mass is 35.5. The molecule has 0 spiro atoms. The predicted octanol–water partition coefficient (Wildman–Crippen LogP) is 3.77. The maximum absolute atomic E-state index is 6.24. The molecule has 1 aliphatic rings. The van der Waals surface area contributed by atoms with E-state index >= 15 is 0 Å². The van der Waals surface area contributed by atoms with Crippen molar-refractivity contribution in [1.82, 2.24) is 5.43 Å². The van der Waals surface area contributed by atoms with Gasteiger partial charge in [0.15, 0.2) is 0 Å². The number of ether oxygens (including phenoxy) is 1. The third-order valence-electron chi connectivity index (χ3n) is 3.82. The number of hydrogen-bond acceptors (Lipinski definition) is 3. The van der Waals surface area contributed by atoms with E-state index in [1.165, 1.54) is 11.1 Å². The summed E-state index contributed by atoms with van der Waals surface area (Å²) in [5.74, 6) is 5.73. The van der Waals surface area contributed by atoms with Gasteiger partial charge in [-0.15, -0.1) is 0 Å². The predicted molar refractivity (Wildman–Crippen MR) is 85.2 cm³/mol. The molecule has 21 heavy (non-hydrogen) atoms. The summed E-state index contributed by atoms with van der Waals surface area (Å²) in [6.07, 6.45) is 0.634. The summed E-state index contributed by atoms with van der Waals surface area (Å²) in [4.78, 5) is 0. The van der Waals surface area contributed by atoms with Gasteiger partial charge in [-0.1, -0.05) is 47.5 Å². The average Bonchev–Trinajstić information content (AvgIpc) is 2.94. The molecule has 3 nitrogen and oxygen atoms in total. The second kappa shape index (κ2) is 6.34. The van der Waals surface area contributed by atoms with Crippen LogP contribution in [0.2, 0.25) is 10.0 Å². The molecule has 0 saturated carbocycles. The zero-order valence-corrected chi connectivity index (χ0v) is 12.9. The lowest BCUT2D eigenvalue weighted by atomic mass is 9.96. The highest BCUT2D eigenvalue weighted by Gasteiger charge is 2.18. The minimum absolute atomic E-state index is 0.0479. The second-order valence-corrected chi connectivity index (χ2v) is 5.96. The quantitative estimate of drug-likeness (QED) is 0.665. The Morgan fingerprint density at radius 3 is 2.52 bits per heavy atom. The number of hydrazine groups is 1. The molecule has 3 N–H and O–H groups in total. The van der Waals surface area contributed by atoms with Crippen LogP contribution in [0.5, 0.6) is 0 Å². The van der Waals surface area contributed by atoms with Gasteiger partial charge in [0.2, 0.25) is 0 Å². The van der Waals surface area contributed by atoms with Crippen molar-refractivity contribution in [3.05, 3.63) is 68.7 Å². The third kappa shape index (κ3) is 3.07.